The molecule has 1 aliphatic rings. The van der Waals surface area contributed by atoms with E-state index in [0.29, 0.717) is 0 Å². The zero-order valence-electron chi connectivity index (χ0n) is 14.4. The van der Waals surface area contributed by atoms with Crippen LogP contribution < -0.4 is 10.1 Å². The van der Waals surface area contributed by atoms with Gasteiger partial charge in [-0.2, -0.15) is 0 Å². The highest BCUT2D eigenvalue weighted by atomic mass is 16.5. The van der Waals surface area contributed by atoms with E-state index in [1.165, 1.54) is 11.1 Å². The molecule has 1 atom stereocenters. The summed E-state index contributed by atoms with van der Waals surface area (Å²) < 4.78 is 5.55. The van der Waals surface area contributed by atoms with E-state index in [0.717, 1.165) is 31.8 Å². The molecule has 0 radical (unpaired) electrons. The van der Waals surface area contributed by atoms with E-state index in [-0.39, 0.29) is 11.1 Å². The molecule has 0 aliphatic carbocycles. The topological polar surface area (TPSA) is 24.5 Å². The molecule has 0 amide bonds. The Morgan fingerprint density at radius 3 is 2.62 bits per heavy atom. The molecule has 1 aliphatic heterocycles. The van der Waals surface area contributed by atoms with Crippen LogP contribution >= 0.6 is 0 Å². The molecule has 118 valence electrons. The number of nitrogens with zero attached hydrogens (tertiary/aromatic N) is 1. The SMILES string of the molecule is CCC1(C)CNC(C)(C)CN1Cc1cc(C)ccc1OC. The van der Waals surface area contributed by atoms with Crippen LogP contribution in [0.3, 0.4) is 0 Å². The fraction of sp³-hybridized carbons (Fsp3) is 0.667. The van der Waals surface area contributed by atoms with E-state index >= 15 is 0 Å². The van der Waals surface area contributed by atoms with Crippen LogP contribution in [0.25, 0.3) is 0 Å². The molecule has 0 aromatic heterocycles. The van der Waals surface area contributed by atoms with Gasteiger partial charge in [0.05, 0.1) is 7.11 Å². The van der Waals surface area contributed by atoms with E-state index in [1.54, 1.807) is 7.11 Å². The second-order valence-corrected chi connectivity index (χ2v) is 7.26. The van der Waals surface area contributed by atoms with Crippen LogP contribution in [0.1, 0.15) is 45.2 Å². The third kappa shape index (κ3) is 3.58. The van der Waals surface area contributed by atoms with Gasteiger partial charge in [-0.25, -0.2) is 0 Å². The van der Waals surface area contributed by atoms with Crippen molar-refractivity contribution < 1.29 is 4.74 Å². The summed E-state index contributed by atoms with van der Waals surface area (Å²) in [4.78, 5) is 2.61. The Morgan fingerprint density at radius 1 is 1.29 bits per heavy atom. The molecule has 0 spiro atoms. The van der Waals surface area contributed by atoms with E-state index in [2.05, 4.69) is 63.0 Å². The summed E-state index contributed by atoms with van der Waals surface area (Å²) in [7, 11) is 1.76. The molecular formula is C18H30N2O. The molecule has 0 bridgehead atoms. The van der Waals surface area contributed by atoms with Crippen LogP contribution in [0, 0.1) is 6.92 Å². The third-order valence-corrected chi connectivity index (χ3v) is 4.86. The van der Waals surface area contributed by atoms with Crippen LogP contribution in [-0.4, -0.2) is 36.2 Å². The largest absolute Gasteiger partial charge is 0.496 e. The van der Waals surface area contributed by atoms with Crippen molar-refractivity contribution >= 4 is 0 Å². The Labute approximate surface area is 129 Å². The number of hydrogen-bond acceptors (Lipinski definition) is 3. The molecular weight excluding hydrogens is 260 g/mol. The van der Waals surface area contributed by atoms with Crippen LogP contribution in [0.4, 0.5) is 0 Å². The van der Waals surface area contributed by atoms with Gasteiger partial charge in [0.15, 0.2) is 0 Å². The quantitative estimate of drug-likeness (QED) is 0.920. The standard InChI is InChI=1S/C18H30N2O/c1-7-18(5)12-19-17(3,4)13-20(18)11-15-10-14(2)8-9-16(15)21-6/h8-10,19H,7,11-13H2,1-6H3. The van der Waals surface area contributed by atoms with Gasteiger partial charge in [0.2, 0.25) is 0 Å². The molecule has 1 aromatic rings. The Kier molecular flexibility index (Phi) is 4.64. The number of ether oxygens (including phenoxy) is 1. The third-order valence-electron chi connectivity index (χ3n) is 4.86. The summed E-state index contributed by atoms with van der Waals surface area (Å²) in [6, 6.07) is 6.45. The average molecular weight is 290 g/mol. The maximum absolute atomic E-state index is 5.55. The van der Waals surface area contributed by atoms with Crippen LogP contribution in [-0.2, 0) is 6.54 Å². The zero-order chi connectivity index (χ0) is 15.7. The van der Waals surface area contributed by atoms with Crippen molar-refractivity contribution in [3.05, 3.63) is 29.3 Å². The van der Waals surface area contributed by atoms with Gasteiger partial charge in [-0.1, -0.05) is 24.6 Å². The number of rotatable bonds is 4. The fourth-order valence-corrected chi connectivity index (χ4v) is 3.10. The molecule has 1 aromatic carbocycles. The van der Waals surface area contributed by atoms with Crippen LogP contribution in [0.2, 0.25) is 0 Å². The molecule has 1 heterocycles. The lowest BCUT2D eigenvalue weighted by atomic mass is 9.87. The summed E-state index contributed by atoms with van der Waals surface area (Å²) in [5.41, 5.74) is 2.93. The Hall–Kier alpha value is -1.06. The molecule has 3 nitrogen and oxygen atoms in total. The van der Waals surface area contributed by atoms with Crippen molar-refractivity contribution in [3.63, 3.8) is 0 Å². The molecule has 3 heteroatoms. The number of nitrogens with one attached hydrogen (secondary N) is 1. The highest BCUT2D eigenvalue weighted by Crippen LogP contribution is 2.31. The van der Waals surface area contributed by atoms with Crippen LogP contribution in [0.15, 0.2) is 18.2 Å². The predicted octanol–water partition coefficient (Wildman–Crippen LogP) is 3.36. The molecule has 1 saturated heterocycles. The van der Waals surface area contributed by atoms with Crippen molar-refractivity contribution in [1.82, 2.24) is 10.2 Å². The van der Waals surface area contributed by atoms with Crippen molar-refractivity contribution in [3.8, 4) is 5.75 Å². The Balaban J connectivity index is 2.28. The first-order valence-electron chi connectivity index (χ1n) is 7.93. The van der Waals surface area contributed by atoms with E-state index in [4.69, 9.17) is 4.74 Å². The lowest BCUT2D eigenvalue weighted by Crippen LogP contribution is -2.66. The molecule has 2 rings (SSSR count). The second kappa shape index (κ2) is 5.98. The van der Waals surface area contributed by atoms with Gasteiger partial charge in [-0.3, -0.25) is 4.90 Å². The average Bonchev–Trinajstić information content (AvgIpc) is 2.43. The van der Waals surface area contributed by atoms with Gasteiger partial charge in [0, 0.05) is 36.3 Å². The summed E-state index contributed by atoms with van der Waals surface area (Å²) in [5.74, 6) is 0.996. The first kappa shape index (κ1) is 16.3. The van der Waals surface area contributed by atoms with E-state index < -0.39 is 0 Å². The number of methoxy groups -OCH3 is 1. The number of aryl methyl sites for hydroxylation is 1. The van der Waals surface area contributed by atoms with Crippen molar-refractivity contribution in [2.24, 2.45) is 0 Å². The first-order valence-corrected chi connectivity index (χ1v) is 7.93. The summed E-state index contributed by atoms with van der Waals surface area (Å²) in [6.45, 7) is 14.4. The number of benzene rings is 1. The fourth-order valence-electron chi connectivity index (χ4n) is 3.10. The normalized spacial score (nSPS) is 25.8. The van der Waals surface area contributed by atoms with E-state index in [1.807, 2.05) is 0 Å². The summed E-state index contributed by atoms with van der Waals surface area (Å²) >= 11 is 0. The zero-order valence-corrected chi connectivity index (χ0v) is 14.4. The van der Waals surface area contributed by atoms with Crippen molar-refractivity contribution in [2.45, 2.75) is 58.7 Å². The number of hydrogen-bond donors (Lipinski definition) is 1. The maximum atomic E-state index is 5.55. The maximum Gasteiger partial charge on any atom is 0.123 e. The van der Waals surface area contributed by atoms with E-state index in [9.17, 15) is 0 Å². The van der Waals surface area contributed by atoms with Gasteiger partial charge in [-0.05, 0) is 40.2 Å². The molecule has 1 unspecified atom stereocenters. The highest BCUT2D eigenvalue weighted by Gasteiger charge is 2.39. The molecule has 21 heavy (non-hydrogen) atoms. The molecule has 0 saturated carbocycles. The monoisotopic (exact) mass is 290 g/mol. The second-order valence-electron chi connectivity index (χ2n) is 7.26. The first-order chi connectivity index (χ1) is 9.79. The van der Waals surface area contributed by atoms with Gasteiger partial charge in [0.25, 0.3) is 0 Å². The summed E-state index contributed by atoms with van der Waals surface area (Å²) in [5, 5.41) is 3.68. The highest BCUT2D eigenvalue weighted by molar-refractivity contribution is 5.37. The molecule has 1 fully saturated rings. The van der Waals surface area contributed by atoms with Gasteiger partial charge in [0.1, 0.15) is 5.75 Å². The summed E-state index contributed by atoms with van der Waals surface area (Å²) in [6.07, 6.45) is 1.14. The van der Waals surface area contributed by atoms with Crippen molar-refractivity contribution in [1.29, 1.82) is 0 Å². The molecule has 1 N–H and O–H groups in total. The van der Waals surface area contributed by atoms with Gasteiger partial charge in [-0.15, -0.1) is 0 Å². The lowest BCUT2D eigenvalue weighted by Gasteiger charge is -2.51. The Morgan fingerprint density at radius 2 is 2.00 bits per heavy atom. The van der Waals surface area contributed by atoms with Crippen molar-refractivity contribution in [2.75, 3.05) is 20.2 Å². The minimum absolute atomic E-state index is 0.158. The minimum Gasteiger partial charge on any atom is -0.496 e. The van der Waals surface area contributed by atoms with Gasteiger partial charge < -0.3 is 10.1 Å². The lowest BCUT2D eigenvalue weighted by molar-refractivity contribution is 0.0170. The number of piperazine rings is 1. The smallest absolute Gasteiger partial charge is 0.123 e. The van der Waals surface area contributed by atoms with Gasteiger partial charge >= 0.3 is 0 Å². The minimum atomic E-state index is 0.158. The van der Waals surface area contributed by atoms with Crippen LogP contribution in [0.5, 0.6) is 5.75 Å². The Bertz CT molecular complexity index is 498. The predicted molar refractivity (Wildman–Crippen MR) is 88.9 cm³/mol.